The van der Waals surface area contributed by atoms with Gasteiger partial charge in [-0.15, -0.1) is 0 Å². The SMILES string of the molecule is Cc1ccc(OCC(=O)N2CCC(NC(=O)c3ccc4nc[nH]c4c3)CC2)c(C(C)(C)C)c1. The standard InChI is InChI=1S/C26H32N4O3/c1-17-5-8-23(20(13-17)26(2,3)4)33-15-24(31)30-11-9-19(10-12-30)29-25(32)18-6-7-21-22(14-18)28-16-27-21/h5-8,13-14,16,19H,9-12,15H2,1-4H3,(H,27,28)(H,29,32). The van der Waals surface area contributed by atoms with Crippen LogP contribution in [0.2, 0.25) is 0 Å². The molecule has 2 amide bonds. The second kappa shape index (κ2) is 9.25. The van der Waals surface area contributed by atoms with Crippen LogP contribution in [-0.2, 0) is 10.2 Å². The average Bonchev–Trinajstić information content (AvgIpc) is 3.26. The van der Waals surface area contributed by atoms with Gasteiger partial charge in [-0.2, -0.15) is 0 Å². The third-order valence-electron chi connectivity index (χ3n) is 6.16. The maximum absolute atomic E-state index is 12.8. The molecule has 2 aromatic carbocycles. The fourth-order valence-corrected chi connectivity index (χ4v) is 4.21. The van der Waals surface area contributed by atoms with Gasteiger partial charge in [0.25, 0.3) is 11.8 Å². The van der Waals surface area contributed by atoms with Crippen LogP contribution in [0.15, 0.2) is 42.7 Å². The molecule has 1 aliphatic rings. The lowest BCUT2D eigenvalue weighted by Gasteiger charge is -2.32. The van der Waals surface area contributed by atoms with Crippen LogP contribution in [0.25, 0.3) is 11.0 Å². The van der Waals surface area contributed by atoms with Crippen LogP contribution in [0, 0.1) is 6.92 Å². The van der Waals surface area contributed by atoms with Crippen molar-refractivity contribution in [3.8, 4) is 5.75 Å². The monoisotopic (exact) mass is 448 g/mol. The molecular weight excluding hydrogens is 416 g/mol. The Hall–Kier alpha value is -3.35. The summed E-state index contributed by atoms with van der Waals surface area (Å²) in [5.74, 6) is 0.636. The van der Waals surface area contributed by atoms with Gasteiger partial charge in [0.2, 0.25) is 0 Å². The number of carbonyl (C=O) groups is 2. The highest BCUT2D eigenvalue weighted by molar-refractivity contribution is 5.97. The topological polar surface area (TPSA) is 87.3 Å². The molecule has 0 radical (unpaired) electrons. The van der Waals surface area contributed by atoms with Crippen LogP contribution < -0.4 is 10.1 Å². The van der Waals surface area contributed by atoms with E-state index in [-0.39, 0.29) is 29.9 Å². The average molecular weight is 449 g/mol. The van der Waals surface area contributed by atoms with Gasteiger partial charge in [-0.1, -0.05) is 38.5 Å². The van der Waals surface area contributed by atoms with Gasteiger partial charge in [0, 0.05) is 24.7 Å². The number of amides is 2. The molecule has 1 aromatic heterocycles. The summed E-state index contributed by atoms with van der Waals surface area (Å²) in [6.45, 7) is 9.71. The Morgan fingerprint density at radius 3 is 2.64 bits per heavy atom. The number of hydrogen-bond acceptors (Lipinski definition) is 4. The number of aryl methyl sites for hydroxylation is 1. The molecule has 0 atom stereocenters. The van der Waals surface area contributed by atoms with E-state index in [1.54, 1.807) is 12.4 Å². The van der Waals surface area contributed by atoms with Crippen LogP contribution >= 0.6 is 0 Å². The van der Waals surface area contributed by atoms with Crippen molar-refractivity contribution in [3.63, 3.8) is 0 Å². The first-order valence-corrected chi connectivity index (χ1v) is 11.5. The van der Waals surface area contributed by atoms with Crippen molar-refractivity contribution in [2.45, 2.75) is 52.0 Å². The zero-order valence-electron chi connectivity index (χ0n) is 19.8. The van der Waals surface area contributed by atoms with Gasteiger partial charge in [-0.25, -0.2) is 4.98 Å². The summed E-state index contributed by atoms with van der Waals surface area (Å²) in [6.07, 6.45) is 3.06. The molecule has 2 N–H and O–H groups in total. The summed E-state index contributed by atoms with van der Waals surface area (Å²) in [5.41, 5.74) is 4.49. The zero-order valence-corrected chi connectivity index (χ0v) is 19.8. The number of piperidine rings is 1. The maximum atomic E-state index is 12.8. The summed E-state index contributed by atoms with van der Waals surface area (Å²) < 4.78 is 5.94. The summed E-state index contributed by atoms with van der Waals surface area (Å²) in [5, 5.41) is 3.10. The minimum absolute atomic E-state index is 0.0212. The van der Waals surface area contributed by atoms with E-state index in [0.717, 1.165) is 35.2 Å². The van der Waals surface area contributed by atoms with Crippen LogP contribution in [-0.4, -0.2) is 52.4 Å². The molecule has 1 saturated heterocycles. The summed E-state index contributed by atoms with van der Waals surface area (Å²) in [6, 6.07) is 11.6. The largest absolute Gasteiger partial charge is 0.483 e. The van der Waals surface area contributed by atoms with Gasteiger partial charge in [-0.05, 0) is 55.0 Å². The minimum atomic E-state index is -0.103. The van der Waals surface area contributed by atoms with E-state index in [4.69, 9.17) is 4.74 Å². The highest BCUT2D eigenvalue weighted by Crippen LogP contribution is 2.32. The Morgan fingerprint density at radius 1 is 1.15 bits per heavy atom. The van der Waals surface area contributed by atoms with Crippen molar-refractivity contribution in [3.05, 3.63) is 59.4 Å². The normalized spacial score (nSPS) is 15.0. The zero-order chi connectivity index (χ0) is 23.6. The van der Waals surface area contributed by atoms with Crippen LogP contribution in [0.3, 0.4) is 0 Å². The van der Waals surface area contributed by atoms with Gasteiger partial charge in [0.15, 0.2) is 6.61 Å². The number of nitrogens with one attached hydrogen (secondary N) is 2. The second-order valence-electron chi connectivity index (χ2n) is 9.80. The summed E-state index contributed by atoms with van der Waals surface area (Å²) >= 11 is 0. The molecule has 0 bridgehead atoms. The predicted molar refractivity (Wildman–Crippen MR) is 129 cm³/mol. The smallest absolute Gasteiger partial charge is 0.260 e. The van der Waals surface area contributed by atoms with E-state index in [2.05, 4.69) is 49.0 Å². The number of aromatic amines is 1. The lowest BCUT2D eigenvalue weighted by molar-refractivity contribution is -0.134. The third-order valence-corrected chi connectivity index (χ3v) is 6.16. The molecule has 0 aliphatic carbocycles. The number of likely N-dealkylation sites (tertiary alicyclic amines) is 1. The molecule has 7 nitrogen and oxygen atoms in total. The van der Waals surface area contributed by atoms with Crippen molar-refractivity contribution >= 4 is 22.8 Å². The molecule has 1 fully saturated rings. The Balaban J connectivity index is 1.28. The summed E-state index contributed by atoms with van der Waals surface area (Å²) in [7, 11) is 0. The van der Waals surface area contributed by atoms with E-state index in [1.807, 2.05) is 29.2 Å². The van der Waals surface area contributed by atoms with Crippen molar-refractivity contribution in [1.29, 1.82) is 0 Å². The first-order chi connectivity index (χ1) is 15.7. The molecule has 7 heteroatoms. The van der Waals surface area contributed by atoms with Gasteiger partial charge in [0.05, 0.1) is 17.4 Å². The Bertz CT molecular complexity index is 1150. The number of rotatable bonds is 5. The van der Waals surface area contributed by atoms with Gasteiger partial charge >= 0.3 is 0 Å². The molecule has 2 heterocycles. The first-order valence-electron chi connectivity index (χ1n) is 11.5. The fraction of sp³-hybridized carbons (Fsp3) is 0.423. The number of benzene rings is 2. The van der Waals surface area contributed by atoms with Gasteiger partial charge < -0.3 is 19.9 Å². The summed E-state index contributed by atoms with van der Waals surface area (Å²) in [4.78, 5) is 34.4. The molecule has 33 heavy (non-hydrogen) atoms. The van der Waals surface area contributed by atoms with Gasteiger partial charge in [0.1, 0.15) is 5.75 Å². The number of carbonyl (C=O) groups excluding carboxylic acids is 2. The Kier molecular flexibility index (Phi) is 6.40. The number of aromatic nitrogens is 2. The fourth-order valence-electron chi connectivity index (χ4n) is 4.21. The highest BCUT2D eigenvalue weighted by atomic mass is 16.5. The molecule has 0 unspecified atom stereocenters. The number of ether oxygens (including phenoxy) is 1. The number of nitrogens with zero attached hydrogens (tertiary/aromatic N) is 2. The van der Waals surface area contributed by atoms with Crippen molar-refractivity contribution in [1.82, 2.24) is 20.2 Å². The van der Waals surface area contributed by atoms with Gasteiger partial charge in [-0.3, -0.25) is 9.59 Å². The Labute approximate surface area is 194 Å². The van der Waals surface area contributed by atoms with Crippen LogP contribution in [0.5, 0.6) is 5.75 Å². The van der Waals surface area contributed by atoms with E-state index in [0.29, 0.717) is 18.7 Å². The molecule has 0 saturated carbocycles. The predicted octanol–water partition coefficient (Wildman–Crippen LogP) is 3.97. The molecule has 1 aliphatic heterocycles. The molecule has 174 valence electrons. The number of imidazole rings is 1. The minimum Gasteiger partial charge on any atom is -0.483 e. The van der Waals surface area contributed by atoms with E-state index >= 15 is 0 Å². The van der Waals surface area contributed by atoms with Crippen LogP contribution in [0.1, 0.15) is 55.1 Å². The number of hydrogen-bond donors (Lipinski definition) is 2. The van der Waals surface area contributed by atoms with Crippen molar-refractivity contribution < 1.29 is 14.3 Å². The van der Waals surface area contributed by atoms with Crippen molar-refractivity contribution in [2.24, 2.45) is 0 Å². The van der Waals surface area contributed by atoms with Crippen LogP contribution in [0.4, 0.5) is 0 Å². The number of fused-ring (bicyclic) bond motifs is 1. The Morgan fingerprint density at radius 2 is 1.91 bits per heavy atom. The quantitative estimate of drug-likeness (QED) is 0.618. The first kappa shape index (κ1) is 22.8. The lowest BCUT2D eigenvalue weighted by atomic mass is 9.85. The number of H-pyrrole nitrogens is 1. The van der Waals surface area contributed by atoms with E-state index in [1.165, 1.54) is 5.56 Å². The third kappa shape index (κ3) is 5.35. The van der Waals surface area contributed by atoms with E-state index < -0.39 is 0 Å². The maximum Gasteiger partial charge on any atom is 0.260 e. The van der Waals surface area contributed by atoms with E-state index in [9.17, 15) is 9.59 Å². The lowest BCUT2D eigenvalue weighted by Crippen LogP contribution is -2.47. The molecular formula is C26H32N4O3. The highest BCUT2D eigenvalue weighted by Gasteiger charge is 2.25. The molecule has 3 aromatic rings. The molecule has 4 rings (SSSR count). The van der Waals surface area contributed by atoms with Crippen molar-refractivity contribution in [2.75, 3.05) is 19.7 Å². The second-order valence-corrected chi connectivity index (χ2v) is 9.80. The molecule has 0 spiro atoms.